The Hall–Kier alpha value is -2.83. The van der Waals surface area contributed by atoms with Crippen molar-refractivity contribution in [3.8, 4) is 22.8 Å². The number of halogens is 3. The van der Waals surface area contributed by atoms with E-state index in [1.54, 1.807) is 30.1 Å². The molecule has 2 aromatic heterocycles. The fraction of sp³-hybridized carbons (Fsp3) is 0.125. The number of methoxy groups -OCH3 is 1. The highest BCUT2D eigenvalue weighted by atomic mass is 19.4. The Labute approximate surface area is 130 Å². The molecule has 0 unspecified atom stereocenters. The van der Waals surface area contributed by atoms with Crippen molar-refractivity contribution in [1.82, 2.24) is 14.5 Å². The molecule has 0 saturated carbocycles. The van der Waals surface area contributed by atoms with E-state index < -0.39 is 11.9 Å². The smallest absolute Gasteiger partial charge is 0.433 e. The molecular weight excluding hydrogens is 307 g/mol. The molecule has 118 valence electrons. The first kappa shape index (κ1) is 15.1. The van der Waals surface area contributed by atoms with Crippen LogP contribution in [0.5, 0.6) is 5.75 Å². The molecule has 0 N–H and O–H groups in total. The summed E-state index contributed by atoms with van der Waals surface area (Å²) >= 11 is 0. The minimum atomic E-state index is -4.46. The lowest BCUT2D eigenvalue weighted by atomic mass is 10.2. The Morgan fingerprint density at radius 1 is 1.04 bits per heavy atom. The maximum atomic E-state index is 12.6. The van der Waals surface area contributed by atoms with Gasteiger partial charge in [0.05, 0.1) is 24.6 Å². The molecule has 0 aliphatic carbocycles. The van der Waals surface area contributed by atoms with Gasteiger partial charge in [0.1, 0.15) is 17.3 Å². The second-order valence-corrected chi connectivity index (χ2v) is 4.72. The average molecular weight is 319 g/mol. The Bertz CT molecular complexity index is 810. The normalized spacial score (nSPS) is 11.5. The molecule has 3 aromatic rings. The minimum Gasteiger partial charge on any atom is -0.496 e. The topological polar surface area (TPSA) is 39.9 Å². The molecule has 3 rings (SSSR count). The van der Waals surface area contributed by atoms with Gasteiger partial charge >= 0.3 is 6.18 Å². The highest BCUT2D eigenvalue weighted by molar-refractivity contribution is 5.66. The molecule has 1 aromatic carbocycles. The molecular formula is C16H12F3N3O. The molecule has 0 spiro atoms. The van der Waals surface area contributed by atoms with E-state index in [1.165, 1.54) is 12.3 Å². The number of aromatic nitrogens is 3. The summed E-state index contributed by atoms with van der Waals surface area (Å²) < 4.78 is 44.8. The van der Waals surface area contributed by atoms with E-state index in [2.05, 4.69) is 9.97 Å². The van der Waals surface area contributed by atoms with E-state index in [9.17, 15) is 13.2 Å². The van der Waals surface area contributed by atoms with Crippen LogP contribution in [0.15, 0.2) is 55.0 Å². The number of para-hydroxylation sites is 1. The van der Waals surface area contributed by atoms with Gasteiger partial charge in [0, 0.05) is 12.4 Å². The van der Waals surface area contributed by atoms with Crippen LogP contribution in [0.25, 0.3) is 17.1 Å². The number of benzene rings is 1. The first-order valence-electron chi connectivity index (χ1n) is 6.71. The zero-order valence-corrected chi connectivity index (χ0v) is 12.1. The maximum absolute atomic E-state index is 12.6. The van der Waals surface area contributed by atoms with Crippen LogP contribution < -0.4 is 4.74 Å². The van der Waals surface area contributed by atoms with E-state index in [1.807, 2.05) is 18.2 Å². The van der Waals surface area contributed by atoms with Gasteiger partial charge in [-0.15, -0.1) is 0 Å². The SMILES string of the molecule is COc1ccccc1-c1nccn1-c1ccc(C(F)(F)F)nc1. The molecule has 0 amide bonds. The lowest BCUT2D eigenvalue weighted by molar-refractivity contribution is -0.141. The summed E-state index contributed by atoms with van der Waals surface area (Å²) in [5, 5.41) is 0. The van der Waals surface area contributed by atoms with Gasteiger partial charge < -0.3 is 4.74 Å². The third-order valence-electron chi connectivity index (χ3n) is 3.31. The van der Waals surface area contributed by atoms with Crippen molar-refractivity contribution in [2.45, 2.75) is 6.18 Å². The molecule has 0 saturated heterocycles. The number of hydrogen-bond donors (Lipinski definition) is 0. The summed E-state index contributed by atoms with van der Waals surface area (Å²) in [6.07, 6.45) is -0.0616. The first-order chi connectivity index (χ1) is 11.0. The standard InChI is InChI=1S/C16H12F3N3O/c1-23-13-5-3-2-4-12(13)15-20-8-9-22(15)11-6-7-14(21-10-11)16(17,18)19/h2-10H,1H3. The van der Waals surface area contributed by atoms with Crippen LogP contribution >= 0.6 is 0 Å². The van der Waals surface area contributed by atoms with Gasteiger partial charge in [0.2, 0.25) is 0 Å². The second-order valence-electron chi connectivity index (χ2n) is 4.72. The van der Waals surface area contributed by atoms with E-state index in [0.717, 1.165) is 11.6 Å². The Morgan fingerprint density at radius 2 is 1.83 bits per heavy atom. The van der Waals surface area contributed by atoms with Crippen LogP contribution in [-0.4, -0.2) is 21.6 Å². The lowest BCUT2D eigenvalue weighted by Crippen LogP contribution is -2.08. The van der Waals surface area contributed by atoms with E-state index in [0.29, 0.717) is 17.3 Å². The van der Waals surface area contributed by atoms with E-state index >= 15 is 0 Å². The molecule has 4 nitrogen and oxygen atoms in total. The molecule has 0 fully saturated rings. The zero-order chi connectivity index (χ0) is 16.4. The average Bonchev–Trinajstić information content (AvgIpc) is 3.03. The summed E-state index contributed by atoms with van der Waals surface area (Å²) in [7, 11) is 1.55. The zero-order valence-electron chi connectivity index (χ0n) is 12.1. The van der Waals surface area contributed by atoms with Crippen LogP contribution in [0, 0.1) is 0 Å². The monoisotopic (exact) mass is 319 g/mol. The number of rotatable bonds is 3. The fourth-order valence-corrected chi connectivity index (χ4v) is 2.24. The Balaban J connectivity index is 2.05. The summed E-state index contributed by atoms with van der Waals surface area (Å²) in [6.45, 7) is 0. The van der Waals surface area contributed by atoms with Gasteiger partial charge in [-0.05, 0) is 24.3 Å². The molecule has 7 heteroatoms. The van der Waals surface area contributed by atoms with Crippen molar-refractivity contribution in [3.63, 3.8) is 0 Å². The third-order valence-corrected chi connectivity index (χ3v) is 3.31. The lowest BCUT2D eigenvalue weighted by Gasteiger charge is -2.12. The number of imidazole rings is 1. The largest absolute Gasteiger partial charge is 0.496 e. The molecule has 0 radical (unpaired) electrons. The highest BCUT2D eigenvalue weighted by Crippen LogP contribution is 2.31. The fourth-order valence-electron chi connectivity index (χ4n) is 2.24. The molecule has 0 aliphatic heterocycles. The van der Waals surface area contributed by atoms with Crippen LogP contribution in [0.1, 0.15) is 5.69 Å². The molecule has 23 heavy (non-hydrogen) atoms. The molecule has 2 heterocycles. The van der Waals surface area contributed by atoms with Gasteiger partial charge in [-0.1, -0.05) is 12.1 Å². The Morgan fingerprint density at radius 3 is 2.48 bits per heavy atom. The predicted octanol–water partition coefficient (Wildman–Crippen LogP) is 3.96. The van der Waals surface area contributed by atoms with Crippen LogP contribution in [0.3, 0.4) is 0 Å². The van der Waals surface area contributed by atoms with Gasteiger partial charge in [-0.2, -0.15) is 13.2 Å². The summed E-state index contributed by atoms with van der Waals surface area (Å²) in [6, 6.07) is 9.59. The number of hydrogen-bond acceptors (Lipinski definition) is 3. The van der Waals surface area contributed by atoms with Crippen LogP contribution in [0.2, 0.25) is 0 Å². The molecule has 0 bridgehead atoms. The van der Waals surface area contributed by atoms with E-state index in [4.69, 9.17) is 4.74 Å². The van der Waals surface area contributed by atoms with Crippen molar-refractivity contribution >= 4 is 0 Å². The van der Waals surface area contributed by atoms with Crippen molar-refractivity contribution < 1.29 is 17.9 Å². The van der Waals surface area contributed by atoms with Crippen molar-refractivity contribution in [3.05, 3.63) is 60.7 Å². The number of ether oxygens (including phenoxy) is 1. The Kier molecular flexibility index (Phi) is 3.77. The van der Waals surface area contributed by atoms with Gasteiger partial charge in [0.25, 0.3) is 0 Å². The first-order valence-corrected chi connectivity index (χ1v) is 6.71. The van der Waals surface area contributed by atoms with Crippen molar-refractivity contribution in [2.75, 3.05) is 7.11 Å². The van der Waals surface area contributed by atoms with Crippen molar-refractivity contribution in [2.24, 2.45) is 0 Å². The maximum Gasteiger partial charge on any atom is 0.433 e. The van der Waals surface area contributed by atoms with Gasteiger partial charge in [-0.3, -0.25) is 4.57 Å². The van der Waals surface area contributed by atoms with Gasteiger partial charge in [-0.25, -0.2) is 9.97 Å². The summed E-state index contributed by atoms with van der Waals surface area (Å²) in [4.78, 5) is 7.75. The van der Waals surface area contributed by atoms with Crippen LogP contribution in [-0.2, 0) is 6.18 Å². The van der Waals surface area contributed by atoms with E-state index in [-0.39, 0.29) is 0 Å². The number of alkyl halides is 3. The third kappa shape index (κ3) is 2.90. The number of nitrogens with zero attached hydrogens (tertiary/aromatic N) is 3. The highest BCUT2D eigenvalue weighted by Gasteiger charge is 2.32. The minimum absolute atomic E-state index is 0.483. The second kappa shape index (κ2) is 5.75. The quantitative estimate of drug-likeness (QED) is 0.733. The predicted molar refractivity (Wildman–Crippen MR) is 78.3 cm³/mol. The van der Waals surface area contributed by atoms with Crippen molar-refractivity contribution in [1.29, 1.82) is 0 Å². The summed E-state index contributed by atoms with van der Waals surface area (Å²) in [5.41, 5.74) is 0.288. The van der Waals surface area contributed by atoms with Crippen LogP contribution in [0.4, 0.5) is 13.2 Å². The summed E-state index contributed by atoms with van der Waals surface area (Å²) in [5.74, 6) is 1.18. The number of pyridine rings is 1. The van der Waals surface area contributed by atoms with Gasteiger partial charge in [0.15, 0.2) is 0 Å². The molecule has 0 atom stereocenters. The molecule has 0 aliphatic rings.